The molecule has 25 heavy (non-hydrogen) atoms. The number of carbonyl (C=O) groups excluding carboxylic acids is 3. The first-order valence-corrected chi connectivity index (χ1v) is 8.73. The van der Waals surface area contributed by atoms with Crippen molar-refractivity contribution in [1.29, 1.82) is 0 Å². The molecule has 1 aliphatic rings. The second-order valence-electron chi connectivity index (χ2n) is 7.05. The van der Waals surface area contributed by atoms with E-state index in [2.05, 4.69) is 6.92 Å². The Morgan fingerprint density at radius 3 is 2.48 bits per heavy atom. The van der Waals surface area contributed by atoms with Crippen molar-refractivity contribution in [2.45, 2.75) is 65.9 Å². The van der Waals surface area contributed by atoms with Crippen molar-refractivity contribution in [2.24, 2.45) is 5.41 Å². The summed E-state index contributed by atoms with van der Waals surface area (Å²) in [6.07, 6.45) is 1.94. The fraction of sp³-hybridized carbons (Fsp3) is 0.550. The maximum Gasteiger partial charge on any atom is 0.308 e. The Morgan fingerprint density at radius 1 is 1.24 bits per heavy atom. The average Bonchev–Trinajstić information content (AvgIpc) is 2.68. The molecular formula is C20H26O5. The van der Waals surface area contributed by atoms with E-state index in [1.807, 2.05) is 19.9 Å². The lowest BCUT2D eigenvalue weighted by Crippen LogP contribution is -2.33. The van der Waals surface area contributed by atoms with Crippen molar-refractivity contribution in [1.82, 2.24) is 0 Å². The second kappa shape index (κ2) is 7.38. The molecule has 0 heterocycles. The van der Waals surface area contributed by atoms with Gasteiger partial charge in [-0.25, -0.2) is 0 Å². The number of rotatable bonds is 6. The number of benzene rings is 1. The van der Waals surface area contributed by atoms with Crippen LogP contribution in [0.4, 0.5) is 0 Å². The van der Waals surface area contributed by atoms with Crippen LogP contribution in [-0.2, 0) is 14.3 Å². The molecule has 1 aliphatic carbocycles. The Hall–Kier alpha value is -2.17. The molecule has 136 valence electrons. The molecule has 0 amide bonds. The second-order valence-corrected chi connectivity index (χ2v) is 7.05. The Bertz CT molecular complexity index is 693. The first-order valence-electron chi connectivity index (χ1n) is 8.73. The monoisotopic (exact) mass is 346 g/mol. The molecule has 0 bridgehead atoms. The average molecular weight is 346 g/mol. The highest BCUT2D eigenvalue weighted by molar-refractivity contribution is 6.06. The largest absolute Gasteiger partial charge is 0.463 e. The zero-order chi connectivity index (χ0) is 18.8. The molecule has 0 aliphatic heterocycles. The van der Waals surface area contributed by atoms with Crippen LogP contribution in [0.25, 0.3) is 0 Å². The van der Waals surface area contributed by atoms with E-state index in [9.17, 15) is 14.4 Å². The van der Waals surface area contributed by atoms with Gasteiger partial charge in [0.05, 0.1) is 6.10 Å². The maximum absolute atomic E-state index is 13.2. The van der Waals surface area contributed by atoms with E-state index in [0.29, 0.717) is 17.7 Å². The predicted molar refractivity (Wildman–Crippen MR) is 93.7 cm³/mol. The third-order valence-corrected chi connectivity index (χ3v) is 4.85. The number of hydrogen-bond donors (Lipinski definition) is 0. The van der Waals surface area contributed by atoms with Gasteiger partial charge < -0.3 is 9.47 Å². The SMILES string of the molecule is CCCC1c2ccc(OC(C)=O)cc2C(=O)C1(C)CC(C)OC(C)=O. The van der Waals surface area contributed by atoms with Gasteiger partial charge >= 0.3 is 11.9 Å². The van der Waals surface area contributed by atoms with Crippen molar-refractivity contribution in [2.75, 3.05) is 0 Å². The summed E-state index contributed by atoms with van der Waals surface area (Å²) < 4.78 is 10.4. The molecular weight excluding hydrogens is 320 g/mol. The fourth-order valence-corrected chi connectivity index (χ4v) is 3.99. The molecule has 0 saturated carbocycles. The van der Waals surface area contributed by atoms with E-state index in [-0.39, 0.29) is 23.8 Å². The maximum atomic E-state index is 13.2. The van der Waals surface area contributed by atoms with Crippen LogP contribution in [0.2, 0.25) is 0 Å². The fourth-order valence-electron chi connectivity index (χ4n) is 3.99. The lowest BCUT2D eigenvalue weighted by atomic mass is 9.71. The summed E-state index contributed by atoms with van der Waals surface area (Å²) in [7, 11) is 0. The summed E-state index contributed by atoms with van der Waals surface area (Å²) in [5.41, 5.74) is 0.956. The molecule has 0 aromatic heterocycles. The van der Waals surface area contributed by atoms with Crippen LogP contribution in [0.1, 0.15) is 75.7 Å². The predicted octanol–water partition coefficient (Wildman–Crippen LogP) is 4.04. The van der Waals surface area contributed by atoms with Crippen LogP contribution in [0.5, 0.6) is 5.75 Å². The molecule has 0 spiro atoms. The van der Waals surface area contributed by atoms with Gasteiger partial charge in [0.25, 0.3) is 0 Å². The number of Topliss-reactive ketones (excluding diaryl/α,β-unsaturated/α-hetero) is 1. The molecule has 2 rings (SSSR count). The van der Waals surface area contributed by atoms with Crippen LogP contribution < -0.4 is 4.74 Å². The molecule has 5 nitrogen and oxygen atoms in total. The van der Waals surface area contributed by atoms with Crippen molar-refractivity contribution >= 4 is 17.7 Å². The van der Waals surface area contributed by atoms with Crippen molar-refractivity contribution in [3.8, 4) is 5.75 Å². The van der Waals surface area contributed by atoms with E-state index in [1.54, 1.807) is 12.1 Å². The zero-order valence-corrected chi connectivity index (χ0v) is 15.5. The van der Waals surface area contributed by atoms with Crippen LogP contribution in [0, 0.1) is 5.41 Å². The molecule has 3 unspecified atom stereocenters. The first kappa shape index (κ1) is 19.2. The van der Waals surface area contributed by atoms with Gasteiger partial charge in [-0.2, -0.15) is 0 Å². The van der Waals surface area contributed by atoms with Crippen LogP contribution in [-0.4, -0.2) is 23.8 Å². The molecule has 0 fully saturated rings. The third-order valence-electron chi connectivity index (χ3n) is 4.85. The van der Waals surface area contributed by atoms with Crippen molar-refractivity contribution in [3.05, 3.63) is 29.3 Å². The van der Waals surface area contributed by atoms with E-state index < -0.39 is 11.4 Å². The van der Waals surface area contributed by atoms with Gasteiger partial charge in [0.1, 0.15) is 5.75 Å². The van der Waals surface area contributed by atoms with E-state index in [1.165, 1.54) is 13.8 Å². The normalized spacial score (nSPS) is 23.1. The molecule has 0 N–H and O–H groups in total. The standard InChI is InChI=1S/C20H26O5/c1-6-7-18-16-9-8-15(25-14(4)22)10-17(16)19(23)20(18,5)11-12(2)24-13(3)21/h8-10,12,18H,6-7,11H2,1-5H3. The topological polar surface area (TPSA) is 69.7 Å². The highest BCUT2D eigenvalue weighted by Gasteiger charge is 2.50. The minimum Gasteiger partial charge on any atom is -0.463 e. The lowest BCUT2D eigenvalue weighted by molar-refractivity contribution is -0.146. The number of ketones is 1. The summed E-state index contributed by atoms with van der Waals surface area (Å²) in [6, 6.07) is 5.27. The van der Waals surface area contributed by atoms with E-state index >= 15 is 0 Å². The highest BCUT2D eigenvalue weighted by atomic mass is 16.5. The van der Waals surface area contributed by atoms with Gasteiger partial charge in [0, 0.05) is 24.8 Å². The van der Waals surface area contributed by atoms with Gasteiger partial charge in [0.2, 0.25) is 0 Å². The zero-order valence-electron chi connectivity index (χ0n) is 15.5. The van der Waals surface area contributed by atoms with Gasteiger partial charge in [-0.05, 0) is 43.4 Å². The summed E-state index contributed by atoms with van der Waals surface area (Å²) in [5.74, 6) is -0.296. The van der Waals surface area contributed by atoms with Crippen LogP contribution in [0.15, 0.2) is 18.2 Å². The van der Waals surface area contributed by atoms with Gasteiger partial charge in [0.15, 0.2) is 5.78 Å². The highest BCUT2D eigenvalue weighted by Crippen LogP contribution is 2.52. The number of ether oxygens (including phenoxy) is 2. The summed E-state index contributed by atoms with van der Waals surface area (Å²) >= 11 is 0. The molecule has 3 atom stereocenters. The first-order chi connectivity index (χ1) is 11.7. The van der Waals surface area contributed by atoms with E-state index in [4.69, 9.17) is 9.47 Å². The molecule has 1 aromatic rings. The van der Waals surface area contributed by atoms with Gasteiger partial charge in [-0.15, -0.1) is 0 Å². The summed E-state index contributed by atoms with van der Waals surface area (Å²) in [6.45, 7) is 8.56. The molecule has 0 saturated heterocycles. The van der Waals surface area contributed by atoms with E-state index in [0.717, 1.165) is 18.4 Å². The summed E-state index contributed by atoms with van der Waals surface area (Å²) in [5, 5.41) is 0. The number of hydrogen-bond acceptors (Lipinski definition) is 5. The number of fused-ring (bicyclic) bond motifs is 1. The van der Waals surface area contributed by atoms with Crippen LogP contribution >= 0.6 is 0 Å². The smallest absolute Gasteiger partial charge is 0.308 e. The Labute approximate surface area is 148 Å². The molecule has 5 heteroatoms. The van der Waals surface area contributed by atoms with Gasteiger partial charge in [-0.3, -0.25) is 14.4 Å². The Kier molecular flexibility index (Phi) is 5.65. The Morgan fingerprint density at radius 2 is 1.92 bits per heavy atom. The third kappa shape index (κ3) is 3.91. The molecule has 0 radical (unpaired) electrons. The van der Waals surface area contributed by atoms with Gasteiger partial charge in [-0.1, -0.05) is 26.3 Å². The van der Waals surface area contributed by atoms with Crippen molar-refractivity contribution in [3.63, 3.8) is 0 Å². The molecule has 1 aromatic carbocycles. The van der Waals surface area contributed by atoms with Crippen molar-refractivity contribution < 1.29 is 23.9 Å². The Balaban J connectivity index is 2.38. The lowest BCUT2D eigenvalue weighted by Gasteiger charge is -2.32. The number of esters is 2. The summed E-state index contributed by atoms with van der Waals surface area (Å²) in [4.78, 5) is 35.6. The number of carbonyl (C=O) groups is 3. The van der Waals surface area contributed by atoms with Crippen LogP contribution in [0.3, 0.4) is 0 Å². The minimum atomic E-state index is -0.637. The minimum absolute atomic E-state index is 0.0222. The quantitative estimate of drug-likeness (QED) is 0.574.